The fourth-order valence-corrected chi connectivity index (χ4v) is 28.0. The van der Waals surface area contributed by atoms with Crippen LogP contribution in [0.4, 0.5) is 0 Å². The molecule has 0 spiro atoms. The third-order valence-corrected chi connectivity index (χ3v) is 35.6. The number of ether oxygens (including phenoxy) is 6. The number of aliphatic carboxylic acids is 2. The molecule has 6 N–H and O–H groups in total. The van der Waals surface area contributed by atoms with Crippen molar-refractivity contribution in [1.29, 1.82) is 0 Å². The van der Waals surface area contributed by atoms with Crippen molar-refractivity contribution in [3.05, 3.63) is 101 Å². The summed E-state index contributed by atoms with van der Waals surface area (Å²) in [4.78, 5) is 36.5. The average molecular weight is 1610 g/mol. The largest absolute Gasteiger partial charge is 0.488 e. The number of hydrogen-bond acceptors (Lipinski definition) is 16. The van der Waals surface area contributed by atoms with E-state index in [1.54, 1.807) is 36.9 Å². The summed E-state index contributed by atoms with van der Waals surface area (Å²) in [6.07, 6.45) is 23.5. The van der Waals surface area contributed by atoms with Crippen molar-refractivity contribution in [3.63, 3.8) is 0 Å². The number of carboxylic acid groups (broad SMARTS) is 2. The first-order valence-electron chi connectivity index (χ1n) is 42.8. The van der Waals surface area contributed by atoms with Crippen molar-refractivity contribution >= 4 is 40.4 Å². The topological polar surface area (TPSA) is 256 Å². The van der Waals surface area contributed by atoms with Gasteiger partial charge in [0, 0.05) is 64.7 Å². The van der Waals surface area contributed by atoms with Crippen LogP contribution in [0.15, 0.2) is 101 Å². The highest BCUT2D eigenvalue weighted by molar-refractivity contribution is 9.10. The molecule has 616 valence electrons. The van der Waals surface area contributed by atoms with E-state index in [4.69, 9.17) is 53.7 Å². The molecule has 4 saturated heterocycles. The van der Waals surface area contributed by atoms with E-state index in [0.29, 0.717) is 92.4 Å². The first kappa shape index (κ1) is 83.8. The molecule has 16 rings (SSSR count). The van der Waals surface area contributed by atoms with Gasteiger partial charge in [-0.3, -0.25) is 9.59 Å². The van der Waals surface area contributed by atoms with Crippen LogP contribution in [-0.2, 0) is 38.0 Å². The number of likely N-dealkylation sites (N-methyl/N-ethyl adjacent to an activating group) is 2. The van der Waals surface area contributed by atoms with Crippen LogP contribution in [0, 0.1) is 113 Å². The second-order valence-corrected chi connectivity index (χ2v) is 40.8. The van der Waals surface area contributed by atoms with Crippen molar-refractivity contribution in [2.45, 2.75) is 235 Å². The highest BCUT2D eigenvalue weighted by Crippen LogP contribution is 2.78. The van der Waals surface area contributed by atoms with Crippen LogP contribution < -0.4 is 16.1 Å². The highest BCUT2D eigenvalue weighted by Gasteiger charge is 2.75. The normalized spacial score (nSPS) is 40.7. The fourth-order valence-electron chi connectivity index (χ4n) is 27.6. The van der Waals surface area contributed by atoms with E-state index < -0.39 is 30.9 Å². The van der Waals surface area contributed by atoms with Gasteiger partial charge in [-0.25, -0.2) is 19.3 Å². The van der Waals surface area contributed by atoms with E-state index in [9.17, 15) is 19.8 Å². The number of aromatic nitrogens is 6. The zero-order valence-corrected chi connectivity index (χ0v) is 71.8. The Morgan fingerprint density at radius 3 is 1.34 bits per heavy atom. The second kappa shape index (κ2) is 31.2. The van der Waals surface area contributed by atoms with Gasteiger partial charge in [0.15, 0.2) is 10.6 Å². The van der Waals surface area contributed by atoms with Crippen LogP contribution in [0.5, 0.6) is 0 Å². The Morgan fingerprint density at radius 2 is 0.955 bits per heavy atom. The number of carboxylic acids is 2. The van der Waals surface area contributed by atoms with Gasteiger partial charge in [0.05, 0.1) is 75.8 Å². The van der Waals surface area contributed by atoms with E-state index in [0.717, 1.165) is 145 Å². The summed E-state index contributed by atoms with van der Waals surface area (Å²) in [5.41, 5.74) is 2.05. The van der Waals surface area contributed by atoms with Crippen molar-refractivity contribution in [2.75, 3.05) is 80.2 Å². The van der Waals surface area contributed by atoms with Gasteiger partial charge >= 0.3 is 19.1 Å². The second-order valence-electron chi connectivity index (χ2n) is 40.1. The Morgan fingerprint density at radius 1 is 0.545 bits per heavy atom. The monoisotopic (exact) mass is 1610 g/mol. The minimum atomic E-state index is -1.34. The quantitative estimate of drug-likeness (QED) is 0.0400. The molecular formula is C90H134BBrN8O12. The van der Waals surface area contributed by atoms with Gasteiger partial charge in [0.2, 0.25) is 0 Å². The minimum absolute atomic E-state index is 0.0233. The summed E-state index contributed by atoms with van der Waals surface area (Å²) >= 11 is 3.75. The Kier molecular flexibility index (Phi) is 23.3. The van der Waals surface area contributed by atoms with E-state index >= 15 is 0 Å². The number of nitrogens with one attached hydrogen (secondary N) is 2. The predicted octanol–water partition coefficient (Wildman–Crippen LogP) is 14.9. The van der Waals surface area contributed by atoms with Gasteiger partial charge in [-0.15, -0.1) is 0 Å². The van der Waals surface area contributed by atoms with Gasteiger partial charge in [-0.2, -0.15) is 10.2 Å². The van der Waals surface area contributed by atoms with Crippen LogP contribution in [-0.4, -0.2) is 172 Å². The first-order valence-corrected chi connectivity index (χ1v) is 43.6. The lowest BCUT2D eigenvalue weighted by atomic mass is 9.34. The number of hydrogen-bond donors (Lipinski definition) is 6. The molecule has 22 atom stereocenters. The molecule has 0 amide bonds. The van der Waals surface area contributed by atoms with E-state index in [1.165, 1.54) is 11.1 Å². The van der Waals surface area contributed by atoms with Gasteiger partial charge in [0.25, 0.3) is 0 Å². The summed E-state index contributed by atoms with van der Waals surface area (Å²) < 4.78 is 44.7. The Labute approximate surface area is 676 Å². The minimum Gasteiger partial charge on any atom is -0.481 e. The molecule has 112 heavy (non-hydrogen) atoms. The summed E-state index contributed by atoms with van der Waals surface area (Å²) in [5.74, 6) is 1.73. The van der Waals surface area contributed by atoms with E-state index in [-0.39, 0.29) is 89.5 Å². The summed E-state index contributed by atoms with van der Waals surface area (Å²) in [6.45, 7) is 39.5. The molecular weight excluding hydrogens is 1480 g/mol. The zero-order chi connectivity index (χ0) is 80.2. The van der Waals surface area contributed by atoms with E-state index in [2.05, 4.69) is 188 Å². The lowest BCUT2D eigenvalue weighted by Gasteiger charge is -2.71. The molecule has 4 bridgehead atoms. The van der Waals surface area contributed by atoms with Gasteiger partial charge in [-0.1, -0.05) is 181 Å². The number of nitrogens with zero attached hydrogens (tertiary/aromatic N) is 6. The van der Waals surface area contributed by atoms with Gasteiger partial charge in [0.1, 0.15) is 12.7 Å². The Hall–Kier alpha value is -4.72. The first-order chi connectivity index (χ1) is 53.1. The van der Waals surface area contributed by atoms with Crippen molar-refractivity contribution in [1.82, 2.24) is 40.2 Å². The standard InChI is InChI=1S/C45H66N4O5.C39H61BrN4O5.C6H7BO2/c1-29(2)30(3)40(4)18-19-42(6)32-14-15-35-41(5)25-53-27-45(35,33(32)16-17-43(42,7)36(40)39(50)51)24-34(37(41)54-26-44(46-8)20-22-52-23-21-44)49-38(47-28-48-49)31-12-10-9-11-13-31;1-24(2)25(3)34(4)13-14-36(6)26-9-10-29-35(5)20-48-22-39(29,27(26)11-12-37(36,7)30(34)32(45)46)19-28(44-33(40)42-23-43-44)31(35)49-21-38(41-8)15-17-47-18-16-38;8-7(9)6-4-2-1-3-5-6/h9-13,16,28-30,32,34-37,46H,14-15,17-27H2,1-8H3,(H,50,51);11,23-26,28-31,41H,9-10,12-22H2,1-8H3,(H,45,46);1-5,8-9H/t30-,32+,34-,35+,36-,37+,40-,41-,42-,43+,45+;25-,26+,28-,29+,30-,31+,34-,35-,36-,37+,39+;/m11./s1. The fraction of sp³-hybridized carbons (Fsp3) is 0.756. The smallest absolute Gasteiger partial charge is 0.481 e. The third kappa shape index (κ3) is 13.3. The summed E-state index contributed by atoms with van der Waals surface area (Å²) in [5, 5.41) is 56.5. The predicted molar refractivity (Wildman–Crippen MR) is 438 cm³/mol. The van der Waals surface area contributed by atoms with Crippen molar-refractivity contribution in [2.24, 2.45) is 113 Å². The number of allylic oxidation sites excluding steroid dienone is 2. The Bertz CT molecular complexity index is 4060. The van der Waals surface area contributed by atoms with Crippen molar-refractivity contribution < 1.29 is 58.3 Å². The lowest BCUT2D eigenvalue weighted by molar-refractivity contribution is -0.254. The average Bonchev–Trinajstić information content (AvgIpc) is 0.724. The maximum absolute atomic E-state index is 13.6. The van der Waals surface area contributed by atoms with Crippen LogP contribution >= 0.6 is 15.9 Å². The van der Waals surface area contributed by atoms with Crippen LogP contribution in [0.3, 0.4) is 0 Å². The van der Waals surface area contributed by atoms with Crippen LogP contribution in [0.25, 0.3) is 11.4 Å². The van der Waals surface area contributed by atoms with Crippen LogP contribution in [0.1, 0.15) is 212 Å². The Balaban J connectivity index is 0.000000168. The molecule has 10 fully saturated rings. The summed E-state index contributed by atoms with van der Waals surface area (Å²) in [6, 6.07) is 19.0. The summed E-state index contributed by atoms with van der Waals surface area (Å²) in [7, 11) is 2.77. The molecule has 20 nitrogen and oxygen atoms in total. The van der Waals surface area contributed by atoms with Crippen LogP contribution in [0.2, 0.25) is 0 Å². The molecule has 12 aliphatic rings. The molecule has 0 unspecified atom stereocenters. The SMILES string of the molecule is CNC1(CO[C@H]2[C@H](n3ncnc3-c3ccccc3)C[C@@]34COC[C@]2(C)[C@@H]3CC[C@H]2C4=CC[C@@]3(C)[C@H](C(=O)O)[C@@](C)([C@H](C)C(C)C)CC[C@]23C)CCOCC1.CNC1(CO[C@H]2[C@H](n3ncnc3Br)C[C@@]34COC[C@]2(C)[C@@H]3CC[C@H]2C4=CC[C@@]3(C)[C@H](C(=O)O)[C@@](C)([C@H](C)C(C)C)CC[C@]23C)CCOCC1.OB(O)c1ccccc1. The number of carbonyl (C=O) groups is 2. The molecule has 8 aliphatic carbocycles. The number of rotatable bonds is 18. The van der Waals surface area contributed by atoms with Crippen molar-refractivity contribution in [3.8, 4) is 11.4 Å². The van der Waals surface area contributed by atoms with E-state index in [1.807, 2.05) is 12.1 Å². The molecule has 4 aliphatic heterocycles. The molecule has 6 heterocycles. The molecule has 2 aromatic heterocycles. The lowest BCUT2D eigenvalue weighted by Crippen LogP contribution is -2.69. The zero-order valence-electron chi connectivity index (χ0n) is 70.2. The van der Waals surface area contributed by atoms with Gasteiger partial charge in [-0.05, 0) is 218 Å². The number of halogens is 1. The molecule has 22 heteroatoms. The maximum Gasteiger partial charge on any atom is 0.488 e. The third-order valence-electron chi connectivity index (χ3n) is 35.1. The molecule has 2 aromatic carbocycles. The highest BCUT2D eigenvalue weighted by atomic mass is 79.9. The molecule has 6 saturated carbocycles. The maximum atomic E-state index is 13.6. The number of fused-ring (bicyclic) bond motifs is 6. The molecule has 4 aromatic rings. The number of benzene rings is 2. The molecule has 0 radical (unpaired) electrons. The van der Waals surface area contributed by atoms with Gasteiger partial charge < -0.3 is 59.3 Å².